The van der Waals surface area contributed by atoms with Crippen molar-refractivity contribution in [3.63, 3.8) is 0 Å². The number of hydrogen-bond acceptors (Lipinski definition) is 3. The quantitative estimate of drug-likeness (QED) is 0.764. The van der Waals surface area contributed by atoms with Gasteiger partial charge in [0.1, 0.15) is 0 Å². The molecule has 3 N–H and O–H groups in total. The highest BCUT2D eigenvalue weighted by molar-refractivity contribution is 5.24. The molecule has 3 heteroatoms. The maximum Gasteiger partial charge on any atom is 0.0960 e. The fraction of sp³-hybridized carbons (Fsp3) is 0.545. The molecule has 1 aromatic heterocycles. The van der Waals surface area contributed by atoms with Crippen LogP contribution in [0.15, 0.2) is 18.5 Å². The summed E-state index contributed by atoms with van der Waals surface area (Å²) in [5.74, 6) is 0.254. The molecule has 1 aromatic rings. The second kappa shape index (κ2) is 4.53. The van der Waals surface area contributed by atoms with E-state index in [-0.39, 0.29) is 12.0 Å². The van der Waals surface area contributed by atoms with Gasteiger partial charge in [0.25, 0.3) is 0 Å². The van der Waals surface area contributed by atoms with Crippen LogP contribution in [0.1, 0.15) is 31.1 Å². The number of nitrogens with zero attached hydrogens (tertiary/aromatic N) is 1. The monoisotopic (exact) mass is 194 g/mol. The van der Waals surface area contributed by atoms with E-state index in [2.05, 4.69) is 4.98 Å². The van der Waals surface area contributed by atoms with Crippen molar-refractivity contribution in [2.24, 2.45) is 11.7 Å². The highest BCUT2D eigenvalue weighted by Gasteiger charge is 2.21. The number of pyridine rings is 1. The Morgan fingerprint density at radius 2 is 2.07 bits per heavy atom. The Morgan fingerprint density at radius 1 is 1.43 bits per heavy atom. The largest absolute Gasteiger partial charge is 0.387 e. The third kappa shape index (κ3) is 2.30. The lowest BCUT2D eigenvalue weighted by Gasteiger charge is -2.23. The Kier molecular flexibility index (Phi) is 3.61. The second-order valence-corrected chi connectivity index (χ2v) is 4.00. The number of nitrogens with two attached hydrogens (primary N) is 1. The highest BCUT2D eigenvalue weighted by atomic mass is 16.3. The lowest BCUT2D eigenvalue weighted by atomic mass is 9.93. The summed E-state index contributed by atoms with van der Waals surface area (Å²) >= 11 is 0. The molecule has 3 nitrogen and oxygen atoms in total. The average Bonchev–Trinajstić information content (AvgIpc) is 2.16. The normalized spacial score (nSPS) is 15.6. The van der Waals surface area contributed by atoms with Crippen LogP contribution < -0.4 is 5.73 Å². The summed E-state index contributed by atoms with van der Waals surface area (Å²) in [7, 11) is 0. The van der Waals surface area contributed by atoms with Crippen LogP contribution in [0.25, 0.3) is 0 Å². The topological polar surface area (TPSA) is 59.1 Å². The minimum Gasteiger partial charge on any atom is -0.387 e. The SMILES string of the molecule is Cc1ccncc1[C@@H](O)[C@@H](N)C(C)C. The van der Waals surface area contributed by atoms with E-state index in [1.54, 1.807) is 12.4 Å². The predicted molar refractivity (Wildman–Crippen MR) is 56.7 cm³/mol. The minimum absolute atomic E-state index is 0.238. The molecule has 0 saturated heterocycles. The molecule has 0 unspecified atom stereocenters. The number of aryl methyl sites for hydroxylation is 1. The Balaban J connectivity index is 2.89. The van der Waals surface area contributed by atoms with Gasteiger partial charge in [0.05, 0.1) is 6.10 Å². The molecule has 78 valence electrons. The molecule has 0 amide bonds. The van der Waals surface area contributed by atoms with Gasteiger partial charge in [-0.25, -0.2) is 0 Å². The first-order valence-corrected chi connectivity index (χ1v) is 4.88. The summed E-state index contributed by atoms with van der Waals surface area (Å²) in [6.07, 6.45) is 2.78. The van der Waals surface area contributed by atoms with Crippen molar-refractivity contribution in [1.29, 1.82) is 0 Å². The zero-order chi connectivity index (χ0) is 10.7. The predicted octanol–water partition coefficient (Wildman–Crippen LogP) is 1.41. The Morgan fingerprint density at radius 3 is 2.57 bits per heavy atom. The molecule has 14 heavy (non-hydrogen) atoms. The van der Waals surface area contributed by atoms with E-state index < -0.39 is 6.10 Å². The van der Waals surface area contributed by atoms with Gasteiger partial charge in [0.2, 0.25) is 0 Å². The molecule has 1 heterocycles. The van der Waals surface area contributed by atoms with Crippen LogP contribution in [0.5, 0.6) is 0 Å². The summed E-state index contributed by atoms with van der Waals surface area (Å²) in [5, 5.41) is 9.98. The maximum absolute atomic E-state index is 9.98. The molecule has 0 aliphatic carbocycles. The van der Waals surface area contributed by atoms with Crippen LogP contribution in [0.4, 0.5) is 0 Å². The Labute approximate surface area is 85.0 Å². The van der Waals surface area contributed by atoms with Crippen molar-refractivity contribution < 1.29 is 5.11 Å². The third-order valence-electron chi connectivity index (χ3n) is 2.53. The van der Waals surface area contributed by atoms with Crippen molar-refractivity contribution in [1.82, 2.24) is 4.98 Å². The summed E-state index contributed by atoms with van der Waals surface area (Å²) in [6.45, 7) is 5.95. The molecular formula is C11H18N2O. The lowest BCUT2D eigenvalue weighted by molar-refractivity contribution is 0.125. The van der Waals surface area contributed by atoms with Crippen LogP contribution in [0.2, 0.25) is 0 Å². The van der Waals surface area contributed by atoms with E-state index in [0.29, 0.717) is 0 Å². The molecule has 0 aliphatic heterocycles. The summed E-state index contributed by atoms with van der Waals surface area (Å²) in [4.78, 5) is 3.99. The van der Waals surface area contributed by atoms with E-state index >= 15 is 0 Å². The van der Waals surface area contributed by atoms with Gasteiger partial charge in [-0.2, -0.15) is 0 Å². The van der Waals surface area contributed by atoms with Crippen LogP contribution in [0.3, 0.4) is 0 Å². The summed E-state index contributed by atoms with van der Waals surface area (Å²) in [6, 6.07) is 1.64. The first-order chi connectivity index (χ1) is 6.54. The minimum atomic E-state index is -0.622. The number of rotatable bonds is 3. The Hall–Kier alpha value is -0.930. The molecule has 0 spiro atoms. The molecule has 0 bridgehead atoms. The smallest absolute Gasteiger partial charge is 0.0960 e. The third-order valence-corrected chi connectivity index (χ3v) is 2.53. The van der Waals surface area contributed by atoms with E-state index in [4.69, 9.17) is 5.73 Å². The fourth-order valence-electron chi connectivity index (χ4n) is 1.36. The van der Waals surface area contributed by atoms with E-state index in [9.17, 15) is 5.11 Å². The number of hydrogen-bond donors (Lipinski definition) is 2. The Bertz CT molecular complexity index is 299. The molecule has 0 aliphatic rings. The van der Waals surface area contributed by atoms with Gasteiger partial charge in [0.15, 0.2) is 0 Å². The molecule has 2 atom stereocenters. The van der Waals surface area contributed by atoms with E-state index in [1.165, 1.54) is 0 Å². The highest BCUT2D eigenvalue weighted by Crippen LogP contribution is 2.21. The van der Waals surface area contributed by atoms with Gasteiger partial charge in [-0.1, -0.05) is 13.8 Å². The lowest BCUT2D eigenvalue weighted by Crippen LogP contribution is -2.33. The molecule has 0 fully saturated rings. The maximum atomic E-state index is 9.98. The van der Waals surface area contributed by atoms with Crippen LogP contribution >= 0.6 is 0 Å². The first kappa shape index (κ1) is 11.1. The van der Waals surface area contributed by atoms with Crippen molar-refractivity contribution in [3.05, 3.63) is 29.6 Å². The van der Waals surface area contributed by atoms with Crippen molar-refractivity contribution in [2.45, 2.75) is 32.9 Å². The van der Waals surface area contributed by atoms with Crippen LogP contribution in [0, 0.1) is 12.8 Å². The second-order valence-electron chi connectivity index (χ2n) is 4.00. The zero-order valence-corrected chi connectivity index (χ0v) is 8.94. The fourth-order valence-corrected chi connectivity index (χ4v) is 1.36. The van der Waals surface area contributed by atoms with Gasteiger partial charge in [0, 0.05) is 24.0 Å². The van der Waals surface area contributed by atoms with Crippen LogP contribution in [-0.4, -0.2) is 16.1 Å². The summed E-state index contributed by atoms with van der Waals surface area (Å²) < 4.78 is 0. The molecule has 0 radical (unpaired) electrons. The van der Waals surface area contributed by atoms with E-state index in [0.717, 1.165) is 11.1 Å². The van der Waals surface area contributed by atoms with Gasteiger partial charge >= 0.3 is 0 Å². The average molecular weight is 194 g/mol. The summed E-state index contributed by atoms with van der Waals surface area (Å²) in [5.41, 5.74) is 7.74. The molecule has 0 saturated carbocycles. The molecule has 0 aromatic carbocycles. The first-order valence-electron chi connectivity index (χ1n) is 4.88. The van der Waals surface area contributed by atoms with Crippen molar-refractivity contribution in [2.75, 3.05) is 0 Å². The molecular weight excluding hydrogens is 176 g/mol. The standard InChI is InChI=1S/C11H18N2O/c1-7(2)10(12)11(14)9-6-13-5-4-8(9)3/h4-7,10-11,14H,12H2,1-3H3/t10-,11+/m0/s1. The number of aromatic nitrogens is 1. The number of aliphatic hydroxyl groups is 1. The molecule has 1 rings (SSSR count). The number of aliphatic hydroxyl groups excluding tert-OH is 1. The van der Waals surface area contributed by atoms with Crippen molar-refractivity contribution in [3.8, 4) is 0 Å². The van der Waals surface area contributed by atoms with Gasteiger partial charge in [-0.05, 0) is 24.5 Å². The van der Waals surface area contributed by atoms with Gasteiger partial charge in [-0.15, -0.1) is 0 Å². The van der Waals surface area contributed by atoms with E-state index in [1.807, 2.05) is 26.8 Å². The van der Waals surface area contributed by atoms with Crippen molar-refractivity contribution >= 4 is 0 Å². The van der Waals surface area contributed by atoms with Crippen LogP contribution in [-0.2, 0) is 0 Å². The van der Waals surface area contributed by atoms with Gasteiger partial charge in [-0.3, -0.25) is 4.98 Å². The zero-order valence-electron chi connectivity index (χ0n) is 8.94. The van der Waals surface area contributed by atoms with Gasteiger partial charge < -0.3 is 10.8 Å².